The van der Waals surface area contributed by atoms with Crippen molar-refractivity contribution in [2.45, 2.75) is 11.8 Å². The molecule has 37 heavy (non-hydrogen) atoms. The number of ketones is 1. The van der Waals surface area contributed by atoms with Crippen LogP contribution in [-0.4, -0.2) is 26.7 Å². The topological polar surface area (TPSA) is 83.6 Å². The van der Waals surface area contributed by atoms with Crippen molar-refractivity contribution in [3.05, 3.63) is 125 Å². The van der Waals surface area contributed by atoms with E-state index in [0.29, 0.717) is 10.6 Å². The first-order valence-electron chi connectivity index (χ1n) is 11.2. The molecule has 0 aliphatic carbocycles. The Morgan fingerprint density at radius 1 is 0.892 bits per heavy atom. The second-order valence-electron chi connectivity index (χ2n) is 8.23. The first kappa shape index (κ1) is 26.1. The lowest BCUT2D eigenvalue weighted by Gasteiger charge is -2.24. The Balaban J connectivity index is 1.67. The first-order chi connectivity index (χ1) is 17.6. The molecule has 0 aliphatic rings. The van der Waals surface area contributed by atoms with Gasteiger partial charge in [0.1, 0.15) is 12.4 Å². The molecule has 0 bridgehead atoms. The van der Waals surface area contributed by atoms with Crippen LogP contribution in [0.4, 0.5) is 15.8 Å². The zero-order valence-electron chi connectivity index (χ0n) is 19.7. The molecule has 188 valence electrons. The molecule has 0 atom stereocenters. The third-order valence-corrected chi connectivity index (χ3v) is 7.57. The Bertz CT molecular complexity index is 1540. The summed E-state index contributed by atoms with van der Waals surface area (Å²) in [5, 5.41) is 2.93. The summed E-state index contributed by atoms with van der Waals surface area (Å²) in [6.45, 7) is 1.20. The third kappa shape index (κ3) is 6.04. The molecule has 9 heteroatoms. The standard InChI is InChI=1S/C28H22ClFN2O4S/c1-19-7-14-24(15-8-19)37(35,36)32(23-12-10-22(30)11-13-23)18-27(33)31-26-16-9-21(29)17-25(26)28(34)20-5-3-2-4-6-20/h2-17H,18H2,1H3,(H,31,33). The molecule has 0 spiro atoms. The third-order valence-electron chi connectivity index (χ3n) is 5.55. The predicted octanol–water partition coefficient (Wildman–Crippen LogP) is 5.85. The molecule has 0 radical (unpaired) electrons. The number of carbonyl (C=O) groups is 2. The first-order valence-corrected chi connectivity index (χ1v) is 13.0. The van der Waals surface area contributed by atoms with Gasteiger partial charge in [-0.25, -0.2) is 12.8 Å². The summed E-state index contributed by atoms with van der Waals surface area (Å²) in [5.74, 6) is -1.61. The van der Waals surface area contributed by atoms with Gasteiger partial charge in [0.2, 0.25) is 5.91 Å². The number of hydrogen-bond acceptors (Lipinski definition) is 4. The minimum absolute atomic E-state index is 0.0262. The van der Waals surface area contributed by atoms with Gasteiger partial charge in [-0.3, -0.25) is 13.9 Å². The molecule has 4 rings (SSSR count). The number of aryl methyl sites for hydroxylation is 1. The van der Waals surface area contributed by atoms with Crippen molar-refractivity contribution >= 4 is 44.7 Å². The van der Waals surface area contributed by atoms with Gasteiger partial charge in [0, 0.05) is 16.1 Å². The van der Waals surface area contributed by atoms with E-state index in [9.17, 15) is 22.4 Å². The number of halogens is 2. The fourth-order valence-electron chi connectivity index (χ4n) is 3.64. The highest BCUT2D eigenvalue weighted by molar-refractivity contribution is 7.92. The average molecular weight is 537 g/mol. The summed E-state index contributed by atoms with van der Waals surface area (Å²) in [5.41, 5.74) is 1.70. The molecule has 6 nitrogen and oxygen atoms in total. The van der Waals surface area contributed by atoms with Crippen LogP contribution >= 0.6 is 11.6 Å². The Morgan fingerprint density at radius 2 is 1.54 bits per heavy atom. The van der Waals surface area contributed by atoms with E-state index >= 15 is 0 Å². The second-order valence-corrected chi connectivity index (χ2v) is 10.5. The van der Waals surface area contributed by atoms with E-state index in [2.05, 4.69) is 5.32 Å². The van der Waals surface area contributed by atoms with Gasteiger partial charge >= 0.3 is 0 Å². The average Bonchev–Trinajstić information content (AvgIpc) is 2.89. The summed E-state index contributed by atoms with van der Waals surface area (Å²) in [6.07, 6.45) is 0. The van der Waals surface area contributed by atoms with Gasteiger partial charge in [-0.15, -0.1) is 0 Å². The van der Waals surface area contributed by atoms with Crippen molar-refractivity contribution in [1.82, 2.24) is 0 Å². The molecule has 0 unspecified atom stereocenters. The molecule has 0 aliphatic heterocycles. The molecule has 4 aromatic rings. The highest BCUT2D eigenvalue weighted by atomic mass is 35.5. The van der Waals surface area contributed by atoms with Crippen LogP contribution in [0.2, 0.25) is 5.02 Å². The molecule has 0 aromatic heterocycles. The fourth-order valence-corrected chi connectivity index (χ4v) is 5.23. The molecule has 0 heterocycles. The highest BCUT2D eigenvalue weighted by Gasteiger charge is 2.28. The van der Waals surface area contributed by atoms with Gasteiger partial charge in [0.25, 0.3) is 10.0 Å². The van der Waals surface area contributed by atoms with Crippen LogP contribution in [0.15, 0.2) is 102 Å². The van der Waals surface area contributed by atoms with Crippen LogP contribution in [0.3, 0.4) is 0 Å². The summed E-state index contributed by atoms with van der Waals surface area (Å²) >= 11 is 6.12. The van der Waals surface area contributed by atoms with Gasteiger partial charge in [-0.05, 0) is 61.5 Å². The van der Waals surface area contributed by atoms with Crippen molar-refractivity contribution in [1.29, 1.82) is 0 Å². The van der Waals surface area contributed by atoms with E-state index < -0.39 is 28.3 Å². The molecule has 0 saturated heterocycles. The summed E-state index contributed by atoms with van der Waals surface area (Å²) < 4.78 is 41.5. The van der Waals surface area contributed by atoms with Gasteiger partial charge in [0.05, 0.1) is 16.3 Å². The quantitative estimate of drug-likeness (QED) is 0.286. The van der Waals surface area contributed by atoms with Gasteiger partial charge in [-0.2, -0.15) is 0 Å². The molecular formula is C28H22ClFN2O4S. The van der Waals surface area contributed by atoms with Crippen molar-refractivity contribution in [2.75, 3.05) is 16.2 Å². The SMILES string of the molecule is Cc1ccc(S(=O)(=O)N(CC(=O)Nc2ccc(Cl)cc2C(=O)c2ccccc2)c2ccc(F)cc2)cc1. The number of nitrogens with one attached hydrogen (secondary N) is 1. The van der Waals surface area contributed by atoms with Crippen molar-refractivity contribution in [2.24, 2.45) is 0 Å². The number of hydrogen-bond donors (Lipinski definition) is 1. The Labute approximate surface area is 219 Å². The van der Waals surface area contributed by atoms with Crippen LogP contribution in [-0.2, 0) is 14.8 Å². The molecule has 4 aromatic carbocycles. The van der Waals surface area contributed by atoms with Crippen LogP contribution in [0.5, 0.6) is 0 Å². The maximum atomic E-state index is 13.6. The van der Waals surface area contributed by atoms with E-state index in [1.807, 2.05) is 6.92 Å². The summed E-state index contributed by atoms with van der Waals surface area (Å²) in [6, 6.07) is 23.9. The van der Waals surface area contributed by atoms with Crippen molar-refractivity contribution < 1.29 is 22.4 Å². The van der Waals surface area contributed by atoms with Crippen molar-refractivity contribution in [3.8, 4) is 0 Å². The van der Waals surface area contributed by atoms with E-state index in [1.165, 1.54) is 42.5 Å². The van der Waals surface area contributed by atoms with E-state index in [-0.39, 0.29) is 27.6 Å². The Morgan fingerprint density at radius 3 is 2.19 bits per heavy atom. The van der Waals surface area contributed by atoms with E-state index in [0.717, 1.165) is 22.0 Å². The zero-order valence-corrected chi connectivity index (χ0v) is 21.3. The number of rotatable bonds is 8. The van der Waals surface area contributed by atoms with E-state index in [1.54, 1.807) is 42.5 Å². The fraction of sp³-hybridized carbons (Fsp3) is 0.0714. The molecule has 0 saturated carbocycles. The minimum atomic E-state index is -4.19. The lowest BCUT2D eigenvalue weighted by atomic mass is 10.0. The number of sulfonamides is 1. The smallest absolute Gasteiger partial charge is 0.264 e. The van der Waals surface area contributed by atoms with Crippen LogP contribution in [0.1, 0.15) is 21.5 Å². The lowest BCUT2D eigenvalue weighted by molar-refractivity contribution is -0.114. The number of carbonyl (C=O) groups excluding carboxylic acids is 2. The van der Waals surface area contributed by atoms with Crippen LogP contribution in [0, 0.1) is 12.7 Å². The largest absolute Gasteiger partial charge is 0.324 e. The lowest BCUT2D eigenvalue weighted by Crippen LogP contribution is -2.38. The van der Waals surface area contributed by atoms with Crippen molar-refractivity contribution in [3.63, 3.8) is 0 Å². The molecule has 1 amide bonds. The minimum Gasteiger partial charge on any atom is -0.324 e. The normalized spacial score (nSPS) is 11.1. The number of anilines is 2. The molecule has 1 N–H and O–H groups in total. The van der Waals surface area contributed by atoms with Crippen LogP contribution in [0.25, 0.3) is 0 Å². The number of amides is 1. The maximum Gasteiger partial charge on any atom is 0.264 e. The second kappa shape index (κ2) is 10.9. The maximum absolute atomic E-state index is 13.6. The Hall–Kier alpha value is -4.01. The van der Waals surface area contributed by atoms with Gasteiger partial charge in [0.15, 0.2) is 5.78 Å². The van der Waals surface area contributed by atoms with Gasteiger partial charge in [-0.1, -0.05) is 59.6 Å². The Kier molecular flexibility index (Phi) is 7.71. The van der Waals surface area contributed by atoms with E-state index in [4.69, 9.17) is 11.6 Å². The zero-order chi connectivity index (χ0) is 26.6. The highest BCUT2D eigenvalue weighted by Crippen LogP contribution is 2.26. The molecular weight excluding hydrogens is 515 g/mol. The number of benzene rings is 4. The van der Waals surface area contributed by atoms with Gasteiger partial charge < -0.3 is 5.32 Å². The van der Waals surface area contributed by atoms with Crippen LogP contribution < -0.4 is 9.62 Å². The predicted molar refractivity (Wildman–Crippen MR) is 142 cm³/mol. The molecule has 0 fully saturated rings. The number of nitrogens with zero attached hydrogens (tertiary/aromatic N) is 1. The summed E-state index contributed by atoms with van der Waals surface area (Å²) in [4.78, 5) is 26.2. The monoisotopic (exact) mass is 536 g/mol. The summed E-state index contributed by atoms with van der Waals surface area (Å²) in [7, 11) is -4.19.